The van der Waals surface area contributed by atoms with Crippen LogP contribution in [0.4, 0.5) is 5.69 Å². The minimum Gasteiger partial charge on any atom is -0.399 e. The Morgan fingerprint density at radius 3 is 2.12 bits per heavy atom. The number of hydrogen-bond acceptors (Lipinski definition) is 4. The van der Waals surface area contributed by atoms with Gasteiger partial charge in [-0.3, -0.25) is 14.5 Å². The summed E-state index contributed by atoms with van der Waals surface area (Å²) in [4.78, 5) is 30.8. The van der Waals surface area contributed by atoms with Crippen LogP contribution in [0.15, 0.2) is 18.2 Å². The van der Waals surface area contributed by atoms with Gasteiger partial charge in [0.2, 0.25) is 5.91 Å². The first-order valence-electron chi connectivity index (χ1n) is 8.61. The van der Waals surface area contributed by atoms with Gasteiger partial charge in [-0.05, 0) is 37.7 Å². The molecule has 2 rings (SSSR count). The van der Waals surface area contributed by atoms with E-state index in [9.17, 15) is 9.59 Å². The first-order chi connectivity index (χ1) is 11.5. The lowest BCUT2D eigenvalue weighted by molar-refractivity contribution is -0.133. The topological polar surface area (TPSA) is 69.9 Å². The summed E-state index contributed by atoms with van der Waals surface area (Å²) in [6.07, 6.45) is 0. The Morgan fingerprint density at radius 1 is 1.04 bits per heavy atom. The van der Waals surface area contributed by atoms with E-state index in [0.29, 0.717) is 44.0 Å². The van der Waals surface area contributed by atoms with Gasteiger partial charge in [0.1, 0.15) is 0 Å². The first kappa shape index (κ1) is 24.5. The Kier molecular flexibility index (Phi) is 10.6. The molecule has 2 N–H and O–H groups in total. The summed E-state index contributed by atoms with van der Waals surface area (Å²) in [6, 6.07) is 5.40. The summed E-state index contributed by atoms with van der Waals surface area (Å²) in [6.45, 7) is 10.5. The van der Waals surface area contributed by atoms with Crippen molar-refractivity contribution in [2.24, 2.45) is 0 Å². The van der Waals surface area contributed by atoms with Crippen LogP contribution in [0.1, 0.15) is 29.8 Å². The van der Waals surface area contributed by atoms with Crippen LogP contribution < -0.4 is 5.73 Å². The molecule has 0 radical (unpaired) electrons. The molecule has 1 aliphatic heterocycles. The molecule has 1 aromatic carbocycles. The fraction of sp³-hybridized carbons (Fsp3) is 0.556. The second-order valence-corrected chi connectivity index (χ2v) is 6.21. The van der Waals surface area contributed by atoms with Crippen molar-refractivity contribution >= 4 is 42.3 Å². The molecule has 0 aliphatic carbocycles. The maximum absolute atomic E-state index is 12.7. The lowest BCUT2D eigenvalue weighted by Crippen LogP contribution is -2.52. The van der Waals surface area contributed by atoms with E-state index >= 15 is 0 Å². The van der Waals surface area contributed by atoms with Gasteiger partial charge in [0.15, 0.2) is 0 Å². The molecule has 1 aromatic rings. The van der Waals surface area contributed by atoms with Crippen molar-refractivity contribution in [1.29, 1.82) is 0 Å². The Hall–Kier alpha value is -1.50. The van der Waals surface area contributed by atoms with E-state index in [1.165, 1.54) is 0 Å². The van der Waals surface area contributed by atoms with Gasteiger partial charge in [0.05, 0.1) is 6.54 Å². The zero-order valence-corrected chi connectivity index (χ0v) is 17.4. The predicted molar refractivity (Wildman–Crippen MR) is 110 cm³/mol. The van der Waals surface area contributed by atoms with E-state index in [0.717, 1.165) is 18.7 Å². The molecule has 26 heavy (non-hydrogen) atoms. The number of halogens is 2. The molecule has 2 amide bonds. The van der Waals surface area contributed by atoms with Crippen LogP contribution >= 0.6 is 24.8 Å². The van der Waals surface area contributed by atoms with Crippen LogP contribution in [0.2, 0.25) is 0 Å². The Bertz CT molecular complexity index is 601. The molecule has 0 bridgehead atoms. The number of benzene rings is 1. The number of likely N-dealkylation sites (N-methyl/N-ethyl adjacent to an activating group) is 1. The predicted octanol–water partition coefficient (Wildman–Crippen LogP) is 2.05. The Morgan fingerprint density at radius 2 is 1.58 bits per heavy atom. The smallest absolute Gasteiger partial charge is 0.254 e. The van der Waals surface area contributed by atoms with Crippen molar-refractivity contribution in [3.63, 3.8) is 0 Å². The first-order valence-corrected chi connectivity index (χ1v) is 8.61. The number of piperazine rings is 1. The van der Waals surface area contributed by atoms with Gasteiger partial charge in [-0.2, -0.15) is 0 Å². The highest BCUT2D eigenvalue weighted by atomic mass is 35.5. The number of aryl methyl sites for hydroxylation is 1. The van der Waals surface area contributed by atoms with Crippen molar-refractivity contribution in [1.82, 2.24) is 14.7 Å². The maximum Gasteiger partial charge on any atom is 0.254 e. The highest BCUT2D eigenvalue weighted by molar-refractivity contribution is 5.96. The average molecular weight is 405 g/mol. The normalized spacial score (nSPS) is 13.8. The SMILES string of the molecule is CCN(CC)CC(=O)N1CCN(C(=O)c2cc(N)ccc2C)CC1.Cl.Cl. The standard InChI is InChI=1S/C18H28N4O2.2ClH/c1-4-20(5-2)13-17(23)21-8-10-22(11-9-21)18(24)16-12-15(19)7-6-14(16)3;;/h6-7,12H,4-5,8-11,13,19H2,1-3H3;2*1H. The van der Waals surface area contributed by atoms with E-state index in [-0.39, 0.29) is 36.6 Å². The van der Waals surface area contributed by atoms with Gasteiger partial charge in [0.25, 0.3) is 5.91 Å². The number of nitrogens with two attached hydrogens (primary N) is 1. The third-order valence-electron chi connectivity index (χ3n) is 4.66. The van der Waals surface area contributed by atoms with Gasteiger partial charge < -0.3 is 15.5 Å². The zero-order valence-electron chi connectivity index (χ0n) is 15.7. The molecule has 148 valence electrons. The third kappa shape index (κ3) is 6.04. The van der Waals surface area contributed by atoms with E-state index in [1.807, 2.05) is 22.8 Å². The maximum atomic E-state index is 12.7. The number of amides is 2. The molecule has 1 heterocycles. The number of rotatable bonds is 5. The Balaban J connectivity index is 0.00000312. The molecular formula is C18H30Cl2N4O2. The summed E-state index contributed by atoms with van der Waals surface area (Å²) >= 11 is 0. The molecule has 0 unspecified atom stereocenters. The van der Waals surface area contributed by atoms with Crippen LogP contribution in [-0.4, -0.2) is 72.3 Å². The highest BCUT2D eigenvalue weighted by Crippen LogP contribution is 2.16. The van der Waals surface area contributed by atoms with E-state index in [4.69, 9.17) is 5.73 Å². The van der Waals surface area contributed by atoms with Crippen LogP contribution in [0, 0.1) is 6.92 Å². The van der Waals surface area contributed by atoms with E-state index in [1.54, 1.807) is 12.1 Å². The molecule has 1 aliphatic rings. The number of anilines is 1. The summed E-state index contributed by atoms with van der Waals surface area (Å²) in [5.74, 6) is 0.140. The number of carbonyl (C=O) groups is 2. The van der Waals surface area contributed by atoms with Crippen molar-refractivity contribution in [3.05, 3.63) is 29.3 Å². The molecule has 8 heteroatoms. The van der Waals surface area contributed by atoms with Crippen molar-refractivity contribution in [2.75, 3.05) is 51.5 Å². The third-order valence-corrected chi connectivity index (χ3v) is 4.66. The van der Waals surface area contributed by atoms with Crippen molar-refractivity contribution in [2.45, 2.75) is 20.8 Å². The highest BCUT2D eigenvalue weighted by Gasteiger charge is 2.26. The molecular weight excluding hydrogens is 375 g/mol. The number of hydrogen-bond donors (Lipinski definition) is 1. The van der Waals surface area contributed by atoms with Crippen LogP contribution in [0.5, 0.6) is 0 Å². The quantitative estimate of drug-likeness (QED) is 0.762. The largest absolute Gasteiger partial charge is 0.399 e. The van der Waals surface area contributed by atoms with Gasteiger partial charge in [-0.25, -0.2) is 0 Å². The van der Waals surface area contributed by atoms with Crippen LogP contribution in [0.3, 0.4) is 0 Å². The second-order valence-electron chi connectivity index (χ2n) is 6.21. The van der Waals surface area contributed by atoms with E-state index < -0.39 is 0 Å². The molecule has 0 saturated carbocycles. The van der Waals surface area contributed by atoms with Crippen molar-refractivity contribution in [3.8, 4) is 0 Å². The van der Waals surface area contributed by atoms with Gasteiger partial charge >= 0.3 is 0 Å². The fourth-order valence-corrected chi connectivity index (χ4v) is 2.94. The number of nitrogens with zero attached hydrogens (tertiary/aromatic N) is 3. The molecule has 1 fully saturated rings. The van der Waals surface area contributed by atoms with Gasteiger partial charge in [-0.1, -0.05) is 19.9 Å². The minimum atomic E-state index is -0.00404. The number of carbonyl (C=O) groups excluding carboxylic acids is 2. The van der Waals surface area contributed by atoms with E-state index in [2.05, 4.69) is 18.7 Å². The second kappa shape index (κ2) is 11.3. The van der Waals surface area contributed by atoms with Crippen molar-refractivity contribution < 1.29 is 9.59 Å². The Labute approximate surface area is 168 Å². The summed E-state index contributed by atoms with van der Waals surface area (Å²) in [5, 5.41) is 0. The molecule has 0 atom stereocenters. The van der Waals surface area contributed by atoms with Gasteiger partial charge in [0, 0.05) is 37.4 Å². The monoisotopic (exact) mass is 404 g/mol. The number of nitrogen functional groups attached to an aromatic ring is 1. The molecule has 6 nitrogen and oxygen atoms in total. The lowest BCUT2D eigenvalue weighted by Gasteiger charge is -2.36. The summed E-state index contributed by atoms with van der Waals surface area (Å²) in [7, 11) is 0. The van der Waals surface area contributed by atoms with Crippen LogP contribution in [-0.2, 0) is 4.79 Å². The summed E-state index contributed by atoms with van der Waals surface area (Å²) in [5.41, 5.74) is 7.97. The molecule has 0 spiro atoms. The van der Waals surface area contributed by atoms with Gasteiger partial charge in [-0.15, -0.1) is 24.8 Å². The fourth-order valence-electron chi connectivity index (χ4n) is 2.94. The minimum absolute atomic E-state index is 0. The molecule has 0 aromatic heterocycles. The average Bonchev–Trinajstić information content (AvgIpc) is 2.61. The summed E-state index contributed by atoms with van der Waals surface area (Å²) < 4.78 is 0. The molecule has 1 saturated heterocycles. The van der Waals surface area contributed by atoms with Crippen LogP contribution in [0.25, 0.3) is 0 Å². The zero-order chi connectivity index (χ0) is 17.7. The lowest BCUT2D eigenvalue weighted by atomic mass is 10.1.